The summed E-state index contributed by atoms with van der Waals surface area (Å²) < 4.78 is 4.88. The largest absolute Gasteiger partial charge is 0.476 e. The van der Waals surface area contributed by atoms with Crippen molar-refractivity contribution in [3.05, 3.63) is 16.4 Å². The maximum absolute atomic E-state index is 11.0. The van der Waals surface area contributed by atoms with Crippen LogP contribution >= 0.6 is 0 Å². The molecule has 0 bridgehead atoms. The molecule has 0 amide bonds. The average molecular weight is 254 g/mol. The van der Waals surface area contributed by atoms with Gasteiger partial charge in [-0.3, -0.25) is 10.1 Å². The van der Waals surface area contributed by atoms with Crippen molar-refractivity contribution >= 4 is 11.5 Å². The van der Waals surface area contributed by atoms with Crippen molar-refractivity contribution in [2.45, 2.75) is 39.2 Å². The molecule has 1 aromatic rings. The zero-order valence-electron chi connectivity index (χ0n) is 10.8. The summed E-state index contributed by atoms with van der Waals surface area (Å²) in [6, 6.07) is 0.114. The van der Waals surface area contributed by atoms with Crippen LogP contribution in [0.15, 0.2) is 6.33 Å². The fraction of sp³-hybridized carbons (Fsp3) is 0.636. The first-order valence-electron chi connectivity index (χ1n) is 5.90. The molecule has 0 aliphatic carbocycles. The summed E-state index contributed by atoms with van der Waals surface area (Å²) in [6.45, 7) is 4.07. The molecule has 1 aromatic heterocycles. The molecule has 0 radical (unpaired) electrons. The number of hydrogen-bond acceptors (Lipinski definition) is 6. The number of anilines is 1. The smallest absolute Gasteiger partial charge is 0.372 e. The van der Waals surface area contributed by atoms with Crippen molar-refractivity contribution < 1.29 is 9.66 Å². The predicted molar refractivity (Wildman–Crippen MR) is 67.8 cm³/mol. The standard InChI is InChI=1S/C11H18N4O3/c1-4-5-6-8(2)14-10-9(15(16)17)11(18-3)13-7-12-10/h7-8H,4-6H2,1-3H3,(H,12,13,14). The van der Waals surface area contributed by atoms with Crippen LogP contribution in [0.3, 0.4) is 0 Å². The maximum Gasteiger partial charge on any atom is 0.372 e. The third-order valence-electron chi connectivity index (χ3n) is 2.54. The Bertz CT molecular complexity index is 411. The van der Waals surface area contributed by atoms with Gasteiger partial charge < -0.3 is 10.1 Å². The lowest BCUT2D eigenvalue weighted by Crippen LogP contribution is -2.17. The SMILES string of the molecule is CCCCC(C)Nc1ncnc(OC)c1[N+](=O)[O-]. The van der Waals surface area contributed by atoms with Crippen molar-refractivity contribution in [2.24, 2.45) is 0 Å². The minimum atomic E-state index is -0.534. The normalized spacial score (nSPS) is 11.9. The first-order valence-corrected chi connectivity index (χ1v) is 5.90. The Morgan fingerprint density at radius 2 is 2.28 bits per heavy atom. The topological polar surface area (TPSA) is 90.2 Å². The predicted octanol–water partition coefficient (Wildman–Crippen LogP) is 2.38. The van der Waals surface area contributed by atoms with E-state index >= 15 is 0 Å². The van der Waals surface area contributed by atoms with Gasteiger partial charge >= 0.3 is 5.69 Å². The highest BCUT2D eigenvalue weighted by atomic mass is 16.6. The molecule has 0 saturated heterocycles. The second kappa shape index (κ2) is 6.73. The number of rotatable bonds is 7. The number of nitrogens with one attached hydrogen (secondary N) is 1. The average Bonchev–Trinajstić information content (AvgIpc) is 2.35. The van der Waals surface area contributed by atoms with Crippen LogP contribution in [-0.4, -0.2) is 28.0 Å². The fourth-order valence-corrected chi connectivity index (χ4v) is 1.60. The molecule has 18 heavy (non-hydrogen) atoms. The number of unbranched alkanes of at least 4 members (excludes halogenated alkanes) is 1. The molecule has 1 N–H and O–H groups in total. The van der Waals surface area contributed by atoms with Crippen LogP contribution in [0, 0.1) is 10.1 Å². The number of nitro groups is 1. The number of nitrogens with zero attached hydrogens (tertiary/aromatic N) is 3. The summed E-state index contributed by atoms with van der Waals surface area (Å²) in [6.07, 6.45) is 4.33. The molecule has 0 fully saturated rings. The van der Waals surface area contributed by atoms with E-state index in [0.717, 1.165) is 19.3 Å². The van der Waals surface area contributed by atoms with Crippen molar-refractivity contribution in [3.63, 3.8) is 0 Å². The minimum absolute atomic E-state index is 0.0276. The van der Waals surface area contributed by atoms with Gasteiger partial charge in [0, 0.05) is 6.04 Å². The van der Waals surface area contributed by atoms with E-state index < -0.39 is 4.92 Å². The van der Waals surface area contributed by atoms with Gasteiger partial charge in [0.1, 0.15) is 6.33 Å². The molecule has 7 nitrogen and oxygen atoms in total. The lowest BCUT2D eigenvalue weighted by atomic mass is 10.1. The summed E-state index contributed by atoms with van der Waals surface area (Å²) in [5.41, 5.74) is -0.219. The van der Waals surface area contributed by atoms with Crippen LogP contribution in [0.4, 0.5) is 11.5 Å². The monoisotopic (exact) mass is 254 g/mol. The molecule has 0 aliphatic heterocycles. The molecule has 1 rings (SSSR count). The Hall–Kier alpha value is -1.92. The van der Waals surface area contributed by atoms with Gasteiger partial charge in [0.15, 0.2) is 0 Å². The lowest BCUT2D eigenvalue weighted by Gasteiger charge is -2.14. The fourth-order valence-electron chi connectivity index (χ4n) is 1.60. The van der Waals surface area contributed by atoms with Crippen molar-refractivity contribution in [1.29, 1.82) is 0 Å². The summed E-state index contributed by atoms with van der Waals surface area (Å²) in [4.78, 5) is 18.1. The molecular formula is C11H18N4O3. The number of ether oxygens (including phenoxy) is 1. The van der Waals surface area contributed by atoms with Crippen LogP contribution < -0.4 is 10.1 Å². The molecule has 1 atom stereocenters. The summed E-state index contributed by atoms with van der Waals surface area (Å²) in [5.74, 6) is 0.177. The van der Waals surface area contributed by atoms with E-state index in [0.29, 0.717) is 0 Å². The second-order valence-electron chi connectivity index (χ2n) is 4.02. The van der Waals surface area contributed by atoms with E-state index in [-0.39, 0.29) is 23.4 Å². The zero-order valence-corrected chi connectivity index (χ0v) is 10.8. The van der Waals surface area contributed by atoms with Crippen LogP contribution in [0.25, 0.3) is 0 Å². The first-order chi connectivity index (χ1) is 8.60. The zero-order chi connectivity index (χ0) is 13.5. The Kier molecular flexibility index (Phi) is 5.29. The van der Waals surface area contributed by atoms with Gasteiger partial charge in [-0.25, -0.2) is 4.98 Å². The van der Waals surface area contributed by atoms with E-state index in [2.05, 4.69) is 22.2 Å². The van der Waals surface area contributed by atoms with E-state index in [4.69, 9.17) is 4.74 Å². The molecule has 0 saturated carbocycles. The van der Waals surface area contributed by atoms with Crippen molar-refractivity contribution in [3.8, 4) is 5.88 Å². The van der Waals surface area contributed by atoms with E-state index in [1.807, 2.05) is 6.92 Å². The van der Waals surface area contributed by atoms with Crippen molar-refractivity contribution in [1.82, 2.24) is 9.97 Å². The lowest BCUT2D eigenvalue weighted by molar-refractivity contribution is -0.385. The summed E-state index contributed by atoms with van der Waals surface area (Å²) in [7, 11) is 1.35. The second-order valence-corrected chi connectivity index (χ2v) is 4.02. The molecule has 1 heterocycles. The van der Waals surface area contributed by atoms with Crippen molar-refractivity contribution in [2.75, 3.05) is 12.4 Å². The molecule has 1 unspecified atom stereocenters. The quantitative estimate of drug-likeness (QED) is 0.593. The summed E-state index contributed by atoms with van der Waals surface area (Å²) >= 11 is 0. The third-order valence-corrected chi connectivity index (χ3v) is 2.54. The van der Waals surface area contributed by atoms with Crippen LogP contribution in [0.2, 0.25) is 0 Å². The number of hydrogen-bond donors (Lipinski definition) is 1. The number of methoxy groups -OCH3 is 1. The van der Waals surface area contributed by atoms with Crippen LogP contribution in [0.1, 0.15) is 33.1 Å². The van der Waals surface area contributed by atoms with Gasteiger partial charge in [0.2, 0.25) is 5.82 Å². The van der Waals surface area contributed by atoms with E-state index in [9.17, 15) is 10.1 Å². The Balaban J connectivity index is 2.90. The van der Waals surface area contributed by atoms with E-state index in [1.54, 1.807) is 0 Å². The van der Waals surface area contributed by atoms with E-state index in [1.165, 1.54) is 13.4 Å². The molecule has 0 aliphatic rings. The van der Waals surface area contributed by atoms with Gasteiger partial charge in [-0.05, 0) is 13.3 Å². The molecule has 0 spiro atoms. The van der Waals surface area contributed by atoms with Gasteiger partial charge in [0.25, 0.3) is 5.88 Å². The molecule has 0 aromatic carbocycles. The number of aromatic nitrogens is 2. The van der Waals surface area contributed by atoms with Crippen LogP contribution in [0.5, 0.6) is 5.88 Å². The third kappa shape index (κ3) is 3.54. The Morgan fingerprint density at radius 3 is 2.83 bits per heavy atom. The van der Waals surface area contributed by atoms with Gasteiger partial charge in [-0.1, -0.05) is 19.8 Å². The maximum atomic E-state index is 11.0. The Morgan fingerprint density at radius 1 is 1.56 bits per heavy atom. The molecule has 100 valence electrons. The van der Waals surface area contributed by atoms with Gasteiger partial charge in [-0.15, -0.1) is 0 Å². The highest BCUT2D eigenvalue weighted by Gasteiger charge is 2.24. The highest BCUT2D eigenvalue weighted by Crippen LogP contribution is 2.30. The minimum Gasteiger partial charge on any atom is -0.476 e. The van der Waals surface area contributed by atoms with Gasteiger partial charge in [-0.2, -0.15) is 4.98 Å². The highest BCUT2D eigenvalue weighted by molar-refractivity contribution is 5.61. The Labute approximate surface area is 106 Å². The molecule has 7 heteroatoms. The first kappa shape index (κ1) is 14.1. The van der Waals surface area contributed by atoms with Crippen LogP contribution in [-0.2, 0) is 0 Å². The van der Waals surface area contributed by atoms with Gasteiger partial charge in [0.05, 0.1) is 12.0 Å². The summed E-state index contributed by atoms with van der Waals surface area (Å²) in [5, 5.41) is 14.0. The molecular weight excluding hydrogens is 236 g/mol.